The van der Waals surface area contributed by atoms with Gasteiger partial charge in [-0.25, -0.2) is 4.98 Å². The van der Waals surface area contributed by atoms with E-state index >= 15 is 0 Å². The van der Waals surface area contributed by atoms with Crippen molar-refractivity contribution in [1.29, 1.82) is 5.26 Å². The maximum atomic E-state index is 12.2. The molecule has 1 saturated heterocycles. The highest BCUT2D eigenvalue weighted by molar-refractivity contribution is 5.86. The van der Waals surface area contributed by atoms with Crippen LogP contribution in [0.15, 0.2) is 30.3 Å². The predicted octanol–water partition coefficient (Wildman–Crippen LogP) is 3.06. The summed E-state index contributed by atoms with van der Waals surface area (Å²) in [5.41, 5.74) is 3.41. The summed E-state index contributed by atoms with van der Waals surface area (Å²) in [5.74, 6) is 0.773. The lowest BCUT2D eigenvalue weighted by Gasteiger charge is -2.24. The summed E-state index contributed by atoms with van der Waals surface area (Å²) in [6.07, 6.45) is 0.729. The molecule has 0 N–H and O–H groups in total. The van der Waals surface area contributed by atoms with Crippen molar-refractivity contribution in [3.63, 3.8) is 0 Å². The highest BCUT2D eigenvalue weighted by atomic mass is 16.5. The number of aromatic nitrogens is 2. The minimum atomic E-state index is -0.529. The molecule has 0 aliphatic carbocycles. The van der Waals surface area contributed by atoms with Crippen molar-refractivity contribution < 1.29 is 9.53 Å². The lowest BCUT2D eigenvalue weighted by atomic mass is 9.90. The number of nitrogens with zero attached hydrogens (tertiary/aromatic N) is 4. The summed E-state index contributed by atoms with van der Waals surface area (Å²) < 4.78 is 7.03. The van der Waals surface area contributed by atoms with Crippen molar-refractivity contribution in [1.82, 2.24) is 9.38 Å². The molecule has 4 rings (SSSR count). The average Bonchev–Trinajstić information content (AvgIpc) is 3.22. The number of hydrogen-bond donors (Lipinski definition) is 0. The monoisotopic (exact) mass is 348 g/mol. The number of pyridine rings is 1. The number of anilines is 1. The van der Waals surface area contributed by atoms with Crippen molar-refractivity contribution in [2.24, 2.45) is 5.41 Å². The Balaban J connectivity index is 1.94. The molecule has 26 heavy (non-hydrogen) atoms. The zero-order chi connectivity index (χ0) is 18.5. The van der Waals surface area contributed by atoms with Gasteiger partial charge >= 0.3 is 5.97 Å². The maximum Gasteiger partial charge on any atom is 0.313 e. The first kappa shape index (κ1) is 16.4. The molecule has 0 bridgehead atoms. The summed E-state index contributed by atoms with van der Waals surface area (Å²) in [6, 6.07) is 12.2. The normalized spacial score (nSPS) is 19.8. The summed E-state index contributed by atoms with van der Waals surface area (Å²) in [7, 11) is 1.43. The molecule has 6 heteroatoms. The van der Waals surface area contributed by atoms with E-state index in [9.17, 15) is 10.1 Å². The van der Waals surface area contributed by atoms with Gasteiger partial charge in [-0.05, 0) is 44.0 Å². The predicted molar refractivity (Wildman–Crippen MR) is 99.1 cm³/mol. The Kier molecular flexibility index (Phi) is 3.62. The third-order valence-corrected chi connectivity index (χ3v) is 5.34. The van der Waals surface area contributed by atoms with Gasteiger partial charge in [0.1, 0.15) is 11.9 Å². The van der Waals surface area contributed by atoms with E-state index in [4.69, 9.17) is 4.74 Å². The molecular weight excluding hydrogens is 328 g/mol. The first-order valence-corrected chi connectivity index (χ1v) is 8.63. The van der Waals surface area contributed by atoms with Crippen LogP contribution in [0.2, 0.25) is 0 Å². The number of esters is 1. The van der Waals surface area contributed by atoms with Gasteiger partial charge in [0, 0.05) is 13.1 Å². The van der Waals surface area contributed by atoms with E-state index in [0.717, 1.165) is 35.4 Å². The van der Waals surface area contributed by atoms with Crippen LogP contribution >= 0.6 is 0 Å². The van der Waals surface area contributed by atoms with Crippen LogP contribution in [-0.4, -0.2) is 35.6 Å². The van der Waals surface area contributed by atoms with Crippen LogP contribution in [0.25, 0.3) is 16.7 Å². The van der Waals surface area contributed by atoms with Gasteiger partial charge < -0.3 is 9.64 Å². The highest BCUT2D eigenvalue weighted by Gasteiger charge is 2.42. The van der Waals surface area contributed by atoms with Crippen LogP contribution in [0, 0.1) is 23.7 Å². The Morgan fingerprint density at radius 1 is 1.38 bits per heavy atom. The van der Waals surface area contributed by atoms with Crippen LogP contribution < -0.4 is 4.90 Å². The van der Waals surface area contributed by atoms with Gasteiger partial charge in [-0.3, -0.25) is 9.20 Å². The SMILES string of the molecule is COC(=O)C1(C)CCN(c2cc(C)c(C#N)c3nc4ccccc4n23)C1. The number of ether oxygens (including phenoxy) is 1. The molecule has 1 aliphatic heterocycles. The Bertz CT molecular complexity index is 1080. The standard InChI is InChI=1S/C20H20N4O2/c1-13-10-17(23-9-8-20(2,12-23)19(25)26-3)24-16-7-5-4-6-15(16)22-18(24)14(13)11-21/h4-7,10H,8-9,12H2,1-3H3. The van der Waals surface area contributed by atoms with E-state index in [0.29, 0.717) is 17.8 Å². The van der Waals surface area contributed by atoms with Gasteiger partial charge in [-0.15, -0.1) is 0 Å². The van der Waals surface area contributed by atoms with E-state index in [-0.39, 0.29) is 5.97 Å². The van der Waals surface area contributed by atoms with Gasteiger partial charge in [-0.1, -0.05) is 12.1 Å². The van der Waals surface area contributed by atoms with Gasteiger partial charge in [0.25, 0.3) is 0 Å². The number of carbonyl (C=O) groups is 1. The number of fused-ring (bicyclic) bond motifs is 3. The van der Waals surface area contributed by atoms with Gasteiger partial charge in [0.05, 0.1) is 29.1 Å². The largest absolute Gasteiger partial charge is 0.469 e. The average molecular weight is 348 g/mol. The Morgan fingerprint density at radius 2 is 2.15 bits per heavy atom. The lowest BCUT2D eigenvalue weighted by molar-refractivity contribution is -0.150. The Morgan fingerprint density at radius 3 is 2.88 bits per heavy atom. The lowest BCUT2D eigenvalue weighted by Crippen LogP contribution is -2.33. The number of para-hydroxylation sites is 2. The third-order valence-electron chi connectivity index (χ3n) is 5.34. The quantitative estimate of drug-likeness (QED) is 0.666. The number of carbonyl (C=O) groups excluding carboxylic acids is 1. The highest BCUT2D eigenvalue weighted by Crippen LogP contribution is 2.36. The Hall–Kier alpha value is -3.07. The molecule has 6 nitrogen and oxygen atoms in total. The number of benzene rings is 1. The smallest absolute Gasteiger partial charge is 0.313 e. The van der Waals surface area contributed by atoms with Crippen LogP contribution in [0.4, 0.5) is 5.82 Å². The first-order valence-electron chi connectivity index (χ1n) is 8.63. The molecule has 1 atom stereocenters. The van der Waals surface area contributed by atoms with Crippen molar-refractivity contribution in [3.05, 3.63) is 41.5 Å². The van der Waals surface area contributed by atoms with Gasteiger partial charge in [-0.2, -0.15) is 5.26 Å². The molecule has 0 saturated carbocycles. The molecule has 0 amide bonds. The van der Waals surface area contributed by atoms with Gasteiger partial charge in [0.15, 0.2) is 5.65 Å². The number of imidazole rings is 1. The molecular formula is C20H20N4O2. The molecule has 3 heterocycles. The molecule has 0 spiro atoms. The maximum absolute atomic E-state index is 12.2. The van der Waals surface area contributed by atoms with E-state index in [1.807, 2.05) is 48.6 Å². The fraction of sp³-hybridized carbons (Fsp3) is 0.350. The second-order valence-electron chi connectivity index (χ2n) is 7.16. The Labute approximate surface area is 151 Å². The summed E-state index contributed by atoms with van der Waals surface area (Å²) in [5, 5.41) is 9.61. The fourth-order valence-electron chi connectivity index (χ4n) is 3.87. The fourth-order valence-corrected chi connectivity index (χ4v) is 3.87. The zero-order valence-electron chi connectivity index (χ0n) is 15.1. The second-order valence-corrected chi connectivity index (χ2v) is 7.16. The van der Waals surface area contributed by atoms with Crippen molar-refractivity contribution in [2.45, 2.75) is 20.3 Å². The molecule has 1 aliphatic rings. The zero-order valence-corrected chi connectivity index (χ0v) is 15.1. The number of methoxy groups -OCH3 is 1. The van der Waals surface area contributed by atoms with Crippen LogP contribution in [0.1, 0.15) is 24.5 Å². The van der Waals surface area contributed by atoms with E-state index < -0.39 is 5.41 Å². The second kappa shape index (κ2) is 5.73. The number of aryl methyl sites for hydroxylation is 1. The molecule has 1 unspecified atom stereocenters. The van der Waals surface area contributed by atoms with Crippen LogP contribution in [0.5, 0.6) is 0 Å². The molecule has 2 aromatic heterocycles. The van der Waals surface area contributed by atoms with Crippen LogP contribution in [-0.2, 0) is 9.53 Å². The molecule has 1 aromatic carbocycles. The summed E-state index contributed by atoms with van der Waals surface area (Å²) in [4.78, 5) is 19.1. The number of nitriles is 1. The minimum Gasteiger partial charge on any atom is -0.469 e. The number of rotatable bonds is 2. The van der Waals surface area contributed by atoms with E-state index in [1.54, 1.807) is 0 Å². The van der Waals surface area contributed by atoms with Crippen molar-refractivity contribution >= 4 is 28.5 Å². The first-order chi connectivity index (χ1) is 12.5. The molecule has 1 fully saturated rings. The number of hydrogen-bond acceptors (Lipinski definition) is 5. The van der Waals surface area contributed by atoms with E-state index in [2.05, 4.69) is 16.0 Å². The third kappa shape index (κ3) is 2.24. The molecule has 132 valence electrons. The van der Waals surface area contributed by atoms with Crippen molar-refractivity contribution in [2.75, 3.05) is 25.1 Å². The summed E-state index contributed by atoms with van der Waals surface area (Å²) in [6.45, 7) is 5.20. The topological polar surface area (TPSA) is 70.6 Å². The summed E-state index contributed by atoms with van der Waals surface area (Å²) >= 11 is 0. The van der Waals surface area contributed by atoms with Crippen molar-refractivity contribution in [3.8, 4) is 6.07 Å². The minimum absolute atomic E-state index is 0.183. The van der Waals surface area contributed by atoms with Crippen LogP contribution in [0.3, 0.4) is 0 Å². The van der Waals surface area contributed by atoms with Gasteiger partial charge in [0.2, 0.25) is 0 Å². The van der Waals surface area contributed by atoms with E-state index in [1.165, 1.54) is 7.11 Å². The molecule has 0 radical (unpaired) electrons. The molecule has 3 aromatic rings.